The second kappa shape index (κ2) is 9.46. The molecule has 0 spiro atoms. The Balaban J connectivity index is 1.71. The zero-order chi connectivity index (χ0) is 20.6. The first-order valence-electron chi connectivity index (χ1n) is 9.27. The van der Waals surface area contributed by atoms with E-state index in [1.54, 1.807) is 24.3 Å². The lowest BCUT2D eigenvalue weighted by Crippen LogP contribution is -2.45. The second-order valence-electron chi connectivity index (χ2n) is 6.72. The third-order valence-corrected chi connectivity index (χ3v) is 4.54. The molecule has 1 amide bonds. The fraction of sp³-hybridized carbons (Fsp3) is 0.125. The largest absolute Gasteiger partial charge is 0.475 e. The summed E-state index contributed by atoms with van der Waals surface area (Å²) in [6, 6.07) is 25.3. The average Bonchev–Trinajstić information content (AvgIpc) is 2.74. The zero-order valence-electron chi connectivity index (χ0n) is 15.7. The Labute approximate surface area is 169 Å². The average molecular weight is 387 g/mol. The van der Waals surface area contributed by atoms with Gasteiger partial charge in [-0.2, -0.15) is 0 Å². The minimum absolute atomic E-state index is 0.0544. The van der Waals surface area contributed by atoms with Crippen molar-refractivity contribution in [1.29, 1.82) is 0 Å². The lowest BCUT2D eigenvalue weighted by atomic mass is 10.0. The minimum atomic E-state index is -1.56. The molecule has 2 N–H and O–H groups in total. The van der Waals surface area contributed by atoms with Crippen LogP contribution in [0.1, 0.15) is 11.1 Å². The Morgan fingerprint density at radius 2 is 1.34 bits per heavy atom. The highest BCUT2D eigenvalue weighted by molar-refractivity contribution is 6.35. The Morgan fingerprint density at radius 3 is 2.00 bits per heavy atom. The van der Waals surface area contributed by atoms with E-state index in [-0.39, 0.29) is 12.8 Å². The maximum Gasteiger partial charge on any atom is 0.374 e. The predicted molar refractivity (Wildman–Crippen MR) is 110 cm³/mol. The summed E-state index contributed by atoms with van der Waals surface area (Å²) in [6.07, 6.45) is 0.181. The number of hydrogen-bond acceptors (Lipinski definition) is 3. The molecule has 1 unspecified atom stereocenters. The Morgan fingerprint density at radius 1 is 0.759 bits per heavy atom. The first kappa shape index (κ1) is 20.0. The quantitative estimate of drug-likeness (QED) is 0.581. The summed E-state index contributed by atoms with van der Waals surface area (Å²) < 4.78 is 0. The molecule has 1 atom stereocenters. The van der Waals surface area contributed by atoms with Crippen molar-refractivity contribution >= 4 is 17.7 Å². The lowest BCUT2D eigenvalue weighted by Gasteiger charge is -2.16. The molecule has 5 heteroatoms. The number of carbonyl (C=O) groups excluding carboxylic acids is 2. The van der Waals surface area contributed by atoms with E-state index in [4.69, 9.17) is 5.11 Å². The standard InChI is InChI=1S/C24H21NO4/c26-22(16-18-10-7-13-20(14-18)19-11-5-2-6-12-19)25-21(23(27)24(28)29)15-17-8-3-1-4-9-17/h1-14,21H,15-16H2,(H,25,26)(H,28,29). The lowest BCUT2D eigenvalue weighted by molar-refractivity contribution is -0.150. The summed E-state index contributed by atoms with van der Waals surface area (Å²) >= 11 is 0. The van der Waals surface area contributed by atoms with E-state index < -0.39 is 23.7 Å². The number of Topliss-reactive ketones (excluding diaryl/α,β-unsaturated/α-hetero) is 1. The number of amides is 1. The fourth-order valence-electron chi connectivity index (χ4n) is 3.13. The predicted octanol–water partition coefficient (Wildman–Crippen LogP) is 3.28. The molecule has 0 aliphatic carbocycles. The van der Waals surface area contributed by atoms with Gasteiger partial charge >= 0.3 is 5.97 Å². The minimum Gasteiger partial charge on any atom is -0.475 e. The number of benzene rings is 3. The number of carboxylic acids is 1. The SMILES string of the molecule is O=C(Cc1cccc(-c2ccccc2)c1)NC(Cc1ccccc1)C(=O)C(=O)O. The smallest absolute Gasteiger partial charge is 0.374 e. The van der Waals surface area contributed by atoms with Gasteiger partial charge in [-0.25, -0.2) is 4.79 Å². The van der Waals surface area contributed by atoms with E-state index in [1.165, 1.54) is 0 Å². The maximum absolute atomic E-state index is 12.5. The highest BCUT2D eigenvalue weighted by Gasteiger charge is 2.26. The molecule has 146 valence electrons. The van der Waals surface area contributed by atoms with Crippen LogP contribution in [0.5, 0.6) is 0 Å². The number of aliphatic carboxylic acids is 1. The molecule has 3 rings (SSSR count). The zero-order valence-corrected chi connectivity index (χ0v) is 15.7. The third kappa shape index (κ3) is 5.62. The van der Waals surface area contributed by atoms with E-state index in [0.29, 0.717) is 0 Å². The second-order valence-corrected chi connectivity index (χ2v) is 6.72. The molecule has 0 aliphatic rings. The summed E-state index contributed by atoms with van der Waals surface area (Å²) in [7, 11) is 0. The molecule has 0 saturated heterocycles. The Kier molecular flexibility index (Phi) is 6.53. The van der Waals surface area contributed by atoms with Crippen LogP contribution < -0.4 is 5.32 Å². The van der Waals surface area contributed by atoms with Gasteiger partial charge in [0.15, 0.2) is 0 Å². The van der Waals surface area contributed by atoms with Crippen molar-refractivity contribution in [2.45, 2.75) is 18.9 Å². The van der Waals surface area contributed by atoms with E-state index in [9.17, 15) is 14.4 Å². The number of carbonyl (C=O) groups is 3. The number of hydrogen-bond donors (Lipinski definition) is 2. The highest BCUT2D eigenvalue weighted by atomic mass is 16.4. The van der Waals surface area contributed by atoms with Crippen LogP contribution in [0.4, 0.5) is 0 Å². The molecule has 0 aromatic heterocycles. The van der Waals surface area contributed by atoms with Crippen molar-refractivity contribution in [2.24, 2.45) is 0 Å². The topological polar surface area (TPSA) is 83.5 Å². The van der Waals surface area contributed by atoms with E-state index >= 15 is 0 Å². The van der Waals surface area contributed by atoms with Gasteiger partial charge in [-0.1, -0.05) is 84.9 Å². The number of carboxylic acid groups (broad SMARTS) is 1. The molecule has 0 aliphatic heterocycles. The molecule has 3 aromatic carbocycles. The Bertz CT molecular complexity index is 1000. The third-order valence-electron chi connectivity index (χ3n) is 4.54. The highest BCUT2D eigenvalue weighted by Crippen LogP contribution is 2.20. The van der Waals surface area contributed by atoms with Crippen molar-refractivity contribution in [1.82, 2.24) is 5.32 Å². The number of rotatable bonds is 8. The van der Waals surface area contributed by atoms with Crippen LogP contribution in [-0.2, 0) is 27.2 Å². The molecule has 0 fully saturated rings. The molecule has 0 bridgehead atoms. The van der Waals surface area contributed by atoms with Crippen LogP contribution in [-0.4, -0.2) is 28.8 Å². The van der Waals surface area contributed by atoms with Gasteiger partial charge < -0.3 is 10.4 Å². The van der Waals surface area contributed by atoms with Gasteiger partial charge in [0, 0.05) is 6.42 Å². The molecule has 5 nitrogen and oxygen atoms in total. The fourth-order valence-corrected chi connectivity index (χ4v) is 3.13. The van der Waals surface area contributed by atoms with Gasteiger partial charge in [0.05, 0.1) is 6.42 Å². The Hall–Kier alpha value is -3.73. The first-order chi connectivity index (χ1) is 14.0. The van der Waals surface area contributed by atoms with E-state index in [0.717, 1.165) is 22.3 Å². The molecule has 3 aromatic rings. The van der Waals surface area contributed by atoms with Gasteiger partial charge in [-0.05, 0) is 22.3 Å². The number of ketones is 1. The molecular weight excluding hydrogens is 366 g/mol. The summed E-state index contributed by atoms with van der Waals surface area (Å²) in [5, 5.41) is 11.7. The van der Waals surface area contributed by atoms with E-state index in [2.05, 4.69) is 5.32 Å². The van der Waals surface area contributed by atoms with Gasteiger partial charge in [0.2, 0.25) is 5.91 Å². The molecule has 29 heavy (non-hydrogen) atoms. The van der Waals surface area contributed by atoms with Crippen LogP contribution in [0, 0.1) is 0 Å². The molecule has 0 heterocycles. The van der Waals surface area contributed by atoms with Crippen molar-refractivity contribution < 1.29 is 19.5 Å². The summed E-state index contributed by atoms with van der Waals surface area (Å²) in [6.45, 7) is 0. The molecular formula is C24H21NO4. The van der Waals surface area contributed by atoms with Gasteiger partial charge in [-0.15, -0.1) is 0 Å². The summed E-state index contributed by atoms with van der Waals surface area (Å²) in [5.41, 5.74) is 3.58. The van der Waals surface area contributed by atoms with Crippen LogP contribution in [0.25, 0.3) is 11.1 Å². The van der Waals surface area contributed by atoms with E-state index in [1.807, 2.05) is 60.7 Å². The van der Waals surface area contributed by atoms with Gasteiger partial charge in [0.1, 0.15) is 6.04 Å². The molecule has 0 saturated carbocycles. The van der Waals surface area contributed by atoms with Crippen LogP contribution in [0.3, 0.4) is 0 Å². The van der Waals surface area contributed by atoms with Crippen molar-refractivity contribution in [3.8, 4) is 11.1 Å². The van der Waals surface area contributed by atoms with Gasteiger partial charge in [0.25, 0.3) is 5.78 Å². The maximum atomic E-state index is 12.5. The van der Waals surface area contributed by atoms with Crippen LogP contribution in [0.15, 0.2) is 84.9 Å². The van der Waals surface area contributed by atoms with Crippen molar-refractivity contribution in [2.75, 3.05) is 0 Å². The molecule has 0 radical (unpaired) electrons. The van der Waals surface area contributed by atoms with Gasteiger partial charge in [-0.3, -0.25) is 9.59 Å². The van der Waals surface area contributed by atoms with Crippen molar-refractivity contribution in [3.05, 3.63) is 96.1 Å². The first-order valence-corrected chi connectivity index (χ1v) is 9.27. The van der Waals surface area contributed by atoms with Crippen molar-refractivity contribution in [3.63, 3.8) is 0 Å². The summed E-state index contributed by atoms with van der Waals surface area (Å²) in [4.78, 5) is 35.8. The van der Waals surface area contributed by atoms with Crippen LogP contribution in [0.2, 0.25) is 0 Å². The van der Waals surface area contributed by atoms with Crippen LogP contribution >= 0.6 is 0 Å². The number of nitrogens with one attached hydrogen (secondary N) is 1. The monoisotopic (exact) mass is 387 g/mol. The normalized spacial score (nSPS) is 11.4. The summed E-state index contributed by atoms with van der Waals surface area (Å²) in [5.74, 6) is -2.98.